The molecule has 0 bridgehead atoms. The maximum absolute atomic E-state index is 12.9. The summed E-state index contributed by atoms with van der Waals surface area (Å²) in [4.78, 5) is 29.5. The highest BCUT2D eigenvalue weighted by atomic mass is 16.2. The molecule has 1 fully saturated rings. The van der Waals surface area contributed by atoms with E-state index in [4.69, 9.17) is 0 Å². The number of nitrogens with zero attached hydrogens (tertiary/aromatic N) is 5. The summed E-state index contributed by atoms with van der Waals surface area (Å²) in [5.41, 5.74) is -0.968. The molecule has 7 nitrogen and oxygen atoms in total. The second-order valence-electron chi connectivity index (χ2n) is 8.46. The first-order valence-corrected chi connectivity index (χ1v) is 8.32. The number of likely N-dealkylation sites (N-methyl/N-ethyl adjacent to an activating group) is 1. The maximum atomic E-state index is 12.9. The molecule has 0 atom stereocenters. The number of hydrogen-bond donors (Lipinski definition) is 1. The van der Waals surface area contributed by atoms with E-state index < -0.39 is 5.54 Å². The van der Waals surface area contributed by atoms with E-state index in [1.807, 2.05) is 32.7 Å². The highest BCUT2D eigenvalue weighted by molar-refractivity contribution is 5.86. The van der Waals surface area contributed by atoms with Crippen molar-refractivity contribution in [2.75, 3.05) is 25.5 Å². The van der Waals surface area contributed by atoms with Crippen LogP contribution in [0.5, 0.6) is 0 Å². The molecule has 7 heteroatoms. The molecule has 1 aliphatic rings. The Balaban J connectivity index is 2.17. The van der Waals surface area contributed by atoms with Crippen LogP contribution in [-0.2, 0) is 4.79 Å². The minimum atomic E-state index is -0.526. The summed E-state index contributed by atoms with van der Waals surface area (Å²) in [5.74, 6) is 1.35. The van der Waals surface area contributed by atoms with E-state index in [0.717, 1.165) is 0 Å². The second kappa shape index (κ2) is 5.95. The minimum Gasteiger partial charge on any atom is -0.347 e. The highest BCUT2D eigenvalue weighted by Gasteiger charge is 2.49. The van der Waals surface area contributed by atoms with Gasteiger partial charge in [0.1, 0.15) is 12.2 Å². The monoisotopic (exact) mass is 334 g/mol. The third kappa shape index (κ3) is 3.66. The van der Waals surface area contributed by atoms with Gasteiger partial charge in [-0.05, 0) is 55.5 Å². The molecule has 0 unspecified atom stereocenters. The van der Waals surface area contributed by atoms with E-state index in [2.05, 4.69) is 52.9 Å². The van der Waals surface area contributed by atoms with Crippen molar-refractivity contribution in [1.29, 1.82) is 0 Å². The summed E-state index contributed by atoms with van der Waals surface area (Å²) in [7, 11) is 2.02. The van der Waals surface area contributed by atoms with Crippen LogP contribution in [0.25, 0.3) is 0 Å². The molecule has 2 heterocycles. The first-order valence-electron chi connectivity index (χ1n) is 8.32. The van der Waals surface area contributed by atoms with Gasteiger partial charge < -0.3 is 10.2 Å². The van der Waals surface area contributed by atoms with Crippen molar-refractivity contribution in [3.8, 4) is 0 Å². The fraction of sp³-hybridized carbons (Fsp3) is 0.765. The molecule has 134 valence electrons. The van der Waals surface area contributed by atoms with Crippen molar-refractivity contribution in [3.05, 3.63) is 12.2 Å². The minimum absolute atomic E-state index is 0.0861. The van der Waals surface area contributed by atoms with Gasteiger partial charge in [-0.3, -0.25) is 9.69 Å². The number of nitrogens with one attached hydrogen (secondary N) is 1. The summed E-state index contributed by atoms with van der Waals surface area (Å²) in [5, 5.41) is 3.32. The number of carbonyl (C=O) groups excluding carboxylic acids is 1. The average molecular weight is 334 g/mol. The summed E-state index contributed by atoms with van der Waals surface area (Å²) < 4.78 is 0. The smallest absolute Gasteiger partial charge is 0.242 e. The Bertz CT molecular complexity index is 625. The third-order valence-electron chi connectivity index (χ3n) is 4.86. The van der Waals surface area contributed by atoms with E-state index in [-0.39, 0.29) is 17.0 Å². The van der Waals surface area contributed by atoms with Crippen LogP contribution < -0.4 is 5.32 Å². The van der Waals surface area contributed by atoms with Crippen LogP contribution in [0.15, 0.2) is 6.33 Å². The van der Waals surface area contributed by atoms with Gasteiger partial charge in [0.15, 0.2) is 0 Å². The van der Waals surface area contributed by atoms with Crippen LogP contribution in [0.4, 0.5) is 5.95 Å². The van der Waals surface area contributed by atoms with Gasteiger partial charge in [0.2, 0.25) is 11.9 Å². The van der Waals surface area contributed by atoms with Crippen LogP contribution in [0.2, 0.25) is 0 Å². The van der Waals surface area contributed by atoms with Gasteiger partial charge >= 0.3 is 0 Å². The standard InChI is InChI=1S/C17H30N6O/c1-12-18-11-19-14(20-12)21-15(2,3)9-23-10-16(4,5)22(8)17(6,7)13(23)24/h11H,9-10H2,1-8H3,(H,18,19,20,21). The fourth-order valence-electron chi connectivity index (χ4n) is 3.32. The van der Waals surface area contributed by atoms with Crippen LogP contribution >= 0.6 is 0 Å². The van der Waals surface area contributed by atoms with E-state index in [0.29, 0.717) is 24.9 Å². The molecule has 1 amide bonds. The van der Waals surface area contributed by atoms with E-state index in [9.17, 15) is 4.79 Å². The van der Waals surface area contributed by atoms with Crippen LogP contribution in [0.3, 0.4) is 0 Å². The molecule has 1 saturated heterocycles. The summed E-state index contributed by atoms with van der Waals surface area (Å²) in [6, 6.07) is 0. The van der Waals surface area contributed by atoms with E-state index in [1.54, 1.807) is 0 Å². The molecule has 0 saturated carbocycles. The lowest BCUT2D eigenvalue weighted by atomic mass is 9.86. The first kappa shape index (κ1) is 18.6. The molecule has 0 aromatic carbocycles. The van der Waals surface area contributed by atoms with Gasteiger partial charge in [-0.25, -0.2) is 9.97 Å². The Morgan fingerprint density at radius 3 is 2.46 bits per heavy atom. The molecule has 1 N–H and O–H groups in total. The molecule has 0 radical (unpaired) electrons. The number of carbonyl (C=O) groups is 1. The van der Waals surface area contributed by atoms with Crippen LogP contribution in [0.1, 0.15) is 47.4 Å². The molecular formula is C17H30N6O. The van der Waals surface area contributed by atoms with Crippen molar-refractivity contribution in [1.82, 2.24) is 24.8 Å². The van der Waals surface area contributed by atoms with Crippen molar-refractivity contribution in [3.63, 3.8) is 0 Å². The van der Waals surface area contributed by atoms with Gasteiger partial charge in [0, 0.05) is 18.6 Å². The van der Waals surface area contributed by atoms with Crippen molar-refractivity contribution >= 4 is 11.9 Å². The van der Waals surface area contributed by atoms with Crippen LogP contribution in [0, 0.1) is 6.92 Å². The number of aromatic nitrogens is 3. The largest absolute Gasteiger partial charge is 0.347 e. The molecule has 0 aliphatic carbocycles. The van der Waals surface area contributed by atoms with Gasteiger partial charge in [0.05, 0.1) is 11.1 Å². The lowest BCUT2D eigenvalue weighted by Crippen LogP contribution is -2.71. The Hall–Kier alpha value is -1.76. The van der Waals surface area contributed by atoms with Gasteiger partial charge in [0.25, 0.3) is 0 Å². The SMILES string of the molecule is Cc1ncnc(NC(C)(C)CN2CC(C)(C)N(C)C(C)(C)C2=O)n1. The van der Waals surface area contributed by atoms with Crippen molar-refractivity contribution in [2.24, 2.45) is 0 Å². The zero-order valence-corrected chi connectivity index (χ0v) is 16.1. The quantitative estimate of drug-likeness (QED) is 0.903. The predicted molar refractivity (Wildman–Crippen MR) is 94.8 cm³/mol. The van der Waals surface area contributed by atoms with Gasteiger partial charge in [-0.15, -0.1) is 0 Å². The Kier molecular flexibility index (Phi) is 4.61. The zero-order chi connectivity index (χ0) is 18.3. The topological polar surface area (TPSA) is 74.2 Å². The molecule has 24 heavy (non-hydrogen) atoms. The summed E-state index contributed by atoms with van der Waals surface area (Å²) in [6.45, 7) is 15.5. The van der Waals surface area contributed by atoms with E-state index >= 15 is 0 Å². The number of anilines is 1. The predicted octanol–water partition coefficient (Wildman–Crippen LogP) is 1.70. The molecular weight excluding hydrogens is 304 g/mol. The Morgan fingerprint density at radius 1 is 1.25 bits per heavy atom. The molecule has 1 aromatic heterocycles. The maximum Gasteiger partial charge on any atom is 0.242 e. The molecule has 1 aromatic rings. The number of rotatable bonds is 4. The number of aryl methyl sites for hydroxylation is 1. The lowest BCUT2D eigenvalue weighted by Gasteiger charge is -2.54. The lowest BCUT2D eigenvalue weighted by molar-refractivity contribution is -0.158. The van der Waals surface area contributed by atoms with E-state index in [1.165, 1.54) is 6.33 Å². The molecule has 0 spiro atoms. The number of piperazine rings is 1. The molecule has 2 rings (SSSR count). The Morgan fingerprint density at radius 2 is 1.88 bits per heavy atom. The fourth-order valence-corrected chi connectivity index (χ4v) is 3.32. The number of amides is 1. The second-order valence-corrected chi connectivity index (χ2v) is 8.46. The number of hydrogen-bond acceptors (Lipinski definition) is 6. The van der Waals surface area contributed by atoms with Crippen molar-refractivity contribution in [2.45, 2.75) is 65.1 Å². The third-order valence-corrected chi connectivity index (χ3v) is 4.86. The molecule has 1 aliphatic heterocycles. The first-order chi connectivity index (χ1) is 10.8. The van der Waals surface area contributed by atoms with Crippen LogP contribution in [-0.4, -0.2) is 67.4 Å². The summed E-state index contributed by atoms with van der Waals surface area (Å²) in [6.07, 6.45) is 1.49. The van der Waals surface area contributed by atoms with Gasteiger partial charge in [-0.1, -0.05) is 0 Å². The summed E-state index contributed by atoms with van der Waals surface area (Å²) >= 11 is 0. The Labute approximate surface area is 144 Å². The normalized spacial score (nSPS) is 21.0. The average Bonchev–Trinajstić information content (AvgIpc) is 2.42. The van der Waals surface area contributed by atoms with Crippen molar-refractivity contribution < 1.29 is 4.79 Å². The highest BCUT2D eigenvalue weighted by Crippen LogP contribution is 2.32. The zero-order valence-electron chi connectivity index (χ0n) is 16.1. The van der Waals surface area contributed by atoms with Gasteiger partial charge in [-0.2, -0.15) is 4.98 Å².